The summed E-state index contributed by atoms with van der Waals surface area (Å²) in [5.41, 5.74) is 0.00704. The van der Waals surface area contributed by atoms with Gasteiger partial charge in [-0.25, -0.2) is 8.42 Å². The normalized spacial score (nSPS) is 14.5. The van der Waals surface area contributed by atoms with E-state index in [4.69, 9.17) is 11.2 Å². The summed E-state index contributed by atoms with van der Waals surface area (Å²) in [5.74, 6) is 3.02. The van der Waals surface area contributed by atoms with Gasteiger partial charge in [0.1, 0.15) is 10.6 Å². The molecule has 1 atom stereocenters. The predicted octanol–water partition coefficient (Wildman–Crippen LogP) is 2.90. The molecule has 1 rings (SSSR count). The molecule has 1 aromatic carbocycles. The molecule has 0 amide bonds. The number of methoxy groups -OCH3 is 1. The molecule has 0 saturated heterocycles. The van der Waals surface area contributed by atoms with Gasteiger partial charge in [0.25, 0.3) is 0 Å². The van der Waals surface area contributed by atoms with Crippen molar-refractivity contribution < 1.29 is 13.2 Å². The molecule has 1 N–H and O–H groups in total. The third kappa shape index (κ3) is 3.99. The molecule has 0 aliphatic heterocycles. The fourth-order valence-corrected chi connectivity index (χ4v) is 3.43. The Morgan fingerprint density at radius 3 is 2.48 bits per heavy atom. The fraction of sp³-hybridized carbons (Fsp3) is 0.500. The van der Waals surface area contributed by atoms with E-state index in [2.05, 4.69) is 10.6 Å². The summed E-state index contributed by atoms with van der Waals surface area (Å²) in [5, 5.41) is 0. The number of benzene rings is 1. The molecule has 4 nitrogen and oxygen atoms in total. The van der Waals surface area contributed by atoms with Gasteiger partial charge >= 0.3 is 0 Å². The van der Waals surface area contributed by atoms with Gasteiger partial charge in [0, 0.05) is 0 Å². The van der Waals surface area contributed by atoms with E-state index < -0.39 is 15.6 Å². The average molecular weight is 309 g/mol. The Bertz CT molecular complexity index is 644. The van der Waals surface area contributed by atoms with Crippen LogP contribution < -0.4 is 9.46 Å². The first kappa shape index (κ1) is 17.5. The zero-order valence-corrected chi connectivity index (χ0v) is 14.0. The van der Waals surface area contributed by atoms with Gasteiger partial charge in [0.15, 0.2) is 0 Å². The van der Waals surface area contributed by atoms with E-state index in [0.717, 1.165) is 5.56 Å². The maximum absolute atomic E-state index is 12.6. The Morgan fingerprint density at radius 1 is 1.43 bits per heavy atom. The number of nitrogens with one attached hydrogen (secondary N) is 1. The maximum Gasteiger partial charge on any atom is 0.245 e. The minimum atomic E-state index is -3.76. The Morgan fingerprint density at radius 2 is 2.05 bits per heavy atom. The van der Waals surface area contributed by atoms with Crippen LogP contribution in [-0.2, 0) is 10.0 Å². The molecular weight excluding hydrogens is 286 g/mol. The molecule has 0 saturated carbocycles. The monoisotopic (exact) mass is 309 g/mol. The van der Waals surface area contributed by atoms with Crippen molar-refractivity contribution in [1.82, 2.24) is 4.72 Å². The van der Waals surface area contributed by atoms with Crippen LogP contribution in [-0.4, -0.2) is 21.1 Å². The minimum Gasteiger partial charge on any atom is -0.495 e. The van der Waals surface area contributed by atoms with Crippen LogP contribution in [0.5, 0.6) is 5.75 Å². The molecule has 1 aromatic rings. The van der Waals surface area contributed by atoms with Gasteiger partial charge in [-0.1, -0.05) is 32.8 Å². The third-order valence-electron chi connectivity index (χ3n) is 3.53. The summed E-state index contributed by atoms with van der Waals surface area (Å²) in [6.45, 7) is 7.53. The second kappa shape index (κ2) is 6.50. The molecule has 0 radical (unpaired) electrons. The smallest absolute Gasteiger partial charge is 0.245 e. The molecular formula is C16H23NO3S. The van der Waals surface area contributed by atoms with E-state index in [1.807, 2.05) is 26.8 Å². The number of hydrogen-bond acceptors (Lipinski definition) is 3. The Kier molecular flexibility index (Phi) is 5.43. The highest BCUT2D eigenvalue weighted by Gasteiger charge is 2.29. The van der Waals surface area contributed by atoms with Gasteiger partial charge in [0.05, 0.1) is 12.6 Å². The van der Waals surface area contributed by atoms with E-state index in [1.54, 1.807) is 19.1 Å². The van der Waals surface area contributed by atoms with Crippen LogP contribution in [0.15, 0.2) is 23.1 Å². The topological polar surface area (TPSA) is 55.4 Å². The highest BCUT2D eigenvalue weighted by Crippen LogP contribution is 2.29. The molecule has 0 fully saturated rings. The summed E-state index contributed by atoms with van der Waals surface area (Å²) >= 11 is 0. The van der Waals surface area contributed by atoms with Crippen molar-refractivity contribution in [1.29, 1.82) is 0 Å². The summed E-state index contributed by atoms with van der Waals surface area (Å²) in [6.07, 6.45) is 5.94. The molecule has 0 aliphatic carbocycles. The van der Waals surface area contributed by atoms with Gasteiger partial charge in [-0.15, -0.1) is 6.42 Å². The Labute approximate surface area is 128 Å². The molecule has 0 aromatic heterocycles. The van der Waals surface area contributed by atoms with Crippen molar-refractivity contribution in [3.05, 3.63) is 23.8 Å². The predicted molar refractivity (Wildman–Crippen MR) is 84.9 cm³/mol. The van der Waals surface area contributed by atoms with Gasteiger partial charge in [-0.3, -0.25) is 0 Å². The number of terminal acetylenes is 1. The first-order valence-electron chi connectivity index (χ1n) is 6.88. The van der Waals surface area contributed by atoms with Gasteiger partial charge < -0.3 is 4.74 Å². The maximum atomic E-state index is 12.6. The van der Waals surface area contributed by atoms with Crippen molar-refractivity contribution in [2.24, 2.45) is 0 Å². The second-order valence-corrected chi connectivity index (χ2v) is 7.15. The molecule has 0 aliphatic rings. The first-order valence-corrected chi connectivity index (χ1v) is 8.37. The second-order valence-electron chi connectivity index (χ2n) is 5.50. The zero-order chi connectivity index (χ0) is 16.3. The number of hydrogen-bond donors (Lipinski definition) is 1. The molecule has 0 heterocycles. The lowest BCUT2D eigenvalue weighted by Crippen LogP contribution is -2.44. The van der Waals surface area contributed by atoms with E-state index >= 15 is 0 Å². The Balaban J connectivity index is 3.37. The van der Waals surface area contributed by atoms with Crippen molar-refractivity contribution in [3.63, 3.8) is 0 Å². The number of rotatable bonds is 6. The quantitative estimate of drug-likeness (QED) is 0.822. The highest BCUT2D eigenvalue weighted by atomic mass is 32.2. The van der Waals surface area contributed by atoms with E-state index in [9.17, 15) is 8.42 Å². The minimum absolute atomic E-state index is 0.117. The largest absolute Gasteiger partial charge is 0.495 e. The van der Waals surface area contributed by atoms with Crippen molar-refractivity contribution in [3.8, 4) is 18.1 Å². The van der Waals surface area contributed by atoms with Crippen LogP contribution in [0.25, 0.3) is 0 Å². The van der Waals surface area contributed by atoms with E-state index in [0.29, 0.717) is 12.2 Å². The first-order chi connectivity index (χ1) is 9.69. The summed E-state index contributed by atoms with van der Waals surface area (Å²) in [7, 11) is -2.31. The van der Waals surface area contributed by atoms with Crippen molar-refractivity contribution in [2.45, 2.75) is 50.5 Å². The molecule has 116 valence electrons. The zero-order valence-electron chi connectivity index (χ0n) is 13.2. The van der Waals surface area contributed by atoms with Crippen LogP contribution in [0.4, 0.5) is 0 Å². The van der Waals surface area contributed by atoms with Crippen molar-refractivity contribution >= 4 is 10.0 Å². The lowest BCUT2D eigenvalue weighted by atomic mass is 10.0. The standard InChI is InChI=1S/C16H23NO3S/c1-7-16(5,8-2)17-21(18,19)15-11-13(12(3)4)9-10-14(15)20-6/h1,9-12,17H,8H2,2-6H3/t16-/m1/s1. The van der Waals surface area contributed by atoms with Gasteiger partial charge in [0.2, 0.25) is 10.0 Å². The van der Waals surface area contributed by atoms with E-state index in [-0.39, 0.29) is 10.8 Å². The van der Waals surface area contributed by atoms with Crippen LogP contribution in [0.3, 0.4) is 0 Å². The lowest BCUT2D eigenvalue weighted by molar-refractivity contribution is 0.401. The fourth-order valence-electron chi connectivity index (χ4n) is 1.82. The molecule has 0 bridgehead atoms. The highest BCUT2D eigenvalue weighted by molar-refractivity contribution is 7.89. The lowest BCUT2D eigenvalue weighted by Gasteiger charge is -2.24. The average Bonchev–Trinajstić information content (AvgIpc) is 2.45. The van der Waals surface area contributed by atoms with Crippen LogP contribution >= 0.6 is 0 Å². The van der Waals surface area contributed by atoms with Gasteiger partial charge in [-0.2, -0.15) is 4.72 Å². The molecule has 5 heteroatoms. The van der Waals surface area contributed by atoms with Crippen LogP contribution in [0.2, 0.25) is 0 Å². The Hall–Kier alpha value is -1.51. The summed E-state index contributed by atoms with van der Waals surface area (Å²) in [4.78, 5) is 0.117. The van der Waals surface area contributed by atoms with Crippen molar-refractivity contribution in [2.75, 3.05) is 7.11 Å². The van der Waals surface area contributed by atoms with Crippen LogP contribution in [0.1, 0.15) is 45.6 Å². The molecule has 21 heavy (non-hydrogen) atoms. The molecule has 0 unspecified atom stereocenters. The summed E-state index contributed by atoms with van der Waals surface area (Å²) < 4.78 is 33.0. The van der Waals surface area contributed by atoms with E-state index in [1.165, 1.54) is 7.11 Å². The SMILES string of the molecule is C#C[C@](C)(CC)NS(=O)(=O)c1cc(C(C)C)ccc1OC. The van der Waals surface area contributed by atoms with Gasteiger partial charge in [-0.05, 0) is 37.0 Å². The number of sulfonamides is 1. The molecule has 0 spiro atoms. The van der Waals surface area contributed by atoms with Crippen LogP contribution in [0, 0.1) is 12.3 Å². The number of ether oxygens (including phenoxy) is 1. The third-order valence-corrected chi connectivity index (χ3v) is 5.15. The summed E-state index contributed by atoms with van der Waals surface area (Å²) in [6, 6.07) is 5.17.